The molecule has 0 spiro atoms. The van der Waals surface area contributed by atoms with E-state index in [4.69, 9.17) is 10.5 Å². The Hall–Kier alpha value is -1.97. The summed E-state index contributed by atoms with van der Waals surface area (Å²) in [6.45, 7) is 1.99. The minimum absolute atomic E-state index is 0.115. The summed E-state index contributed by atoms with van der Waals surface area (Å²) in [5, 5.41) is 0.890. The first-order chi connectivity index (χ1) is 8.15. The second kappa shape index (κ2) is 4.49. The van der Waals surface area contributed by atoms with Gasteiger partial charge in [-0.25, -0.2) is 0 Å². The molecule has 2 aromatic rings. The van der Waals surface area contributed by atoms with Gasteiger partial charge < -0.3 is 15.5 Å². The van der Waals surface area contributed by atoms with Crippen molar-refractivity contribution in [3.8, 4) is 5.75 Å². The lowest BCUT2D eigenvalue weighted by Crippen LogP contribution is -1.97. The number of methoxy groups -OCH3 is 1. The summed E-state index contributed by atoms with van der Waals surface area (Å²) in [6.07, 6.45) is 1.39. The summed E-state index contributed by atoms with van der Waals surface area (Å²) in [6, 6.07) is 5.39. The van der Waals surface area contributed by atoms with Crippen molar-refractivity contribution < 1.29 is 9.53 Å². The summed E-state index contributed by atoms with van der Waals surface area (Å²) in [4.78, 5) is 14.9. The van der Waals surface area contributed by atoms with Gasteiger partial charge in [0.2, 0.25) is 0 Å². The fourth-order valence-electron chi connectivity index (χ4n) is 1.91. The second-order valence-corrected chi connectivity index (χ2v) is 4.04. The van der Waals surface area contributed by atoms with E-state index in [1.807, 2.05) is 13.0 Å². The van der Waals surface area contributed by atoms with Crippen LogP contribution in [0.15, 0.2) is 18.2 Å². The minimum Gasteiger partial charge on any atom is -0.496 e. The van der Waals surface area contributed by atoms with Crippen LogP contribution in [0.2, 0.25) is 0 Å². The predicted octanol–water partition coefficient (Wildman–Crippen LogP) is 2.74. The van der Waals surface area contributed by atoms with Gasteiger partial charge in [0.05, 0.1) is 18.3 Å². The van der Waals surface area contributed by atoms with E-state index in [1.165, 1.54) is 0 Å². The zero-order valence-electron chi connectivity index (χ0n) is 10.0. The van der Waals surface area contributed by atoms with E-state index in [1.54, 1.807) is 19.2 Å². The highest BCUT2D eigenvalue weighted by Gasteiger charge is 2.12. The average Bonchev–Trinajstić information content (AvgIpc) is 2.71. The molecule has 0 unspecified atom stereocenters. The Kier molecular flexibility index (Phi) is 3.04. The van der Waals surface area contributed by atoms with Crippen molar-refractivity contribution in [1.82, 2.24) is 4.98 Å². The molecule has 0 aliphatic rings. The molecule has 2 rings (SSSR count). The van der Waals surface area contributed by atoms with Gasteiger partial charge in [0.1, 0.15) is 5.75 Å². The van der Waals surface area contributed by atoms with Crippen molar-refractivity contribution in [3.05, 3.63) is 23.9 Å². The number of nitrogen functional groups attached to an aromatic ring is 1. The van der Waals surface area contributed by atoms with Gasteiger partial charge in [0.15, 0.2) is 5.78 Å². The summed E-state index contributed by atoms with van der Waals surface area (Å²) >= 11 is 0. The Labute approximate surface area is 99.8 Å². The van der Waals surface area contributed by atoms with Gasteiger partial charge in [-0.1, -0.05) is 6.92 Å². The molecule has 90 valence electrons. The molecule has 0 amide bonds. The molecule has 0 atom stereocenters. The maximum atomic E-state index is 11.8. The van der Waals surface area contributed by atoms with E-state index in [-0.39, 0.29) is 5.78 Å². The number of carbonyl (C=O) groups excluding carboxylic acids is 1. The number of hydrogen-bond acceptors (Lipinski definition) is 3. The quantitative estimate of drug-likeness (QED) is 0.629. The van der Waals surface area contributed by atoms with E-state index < -0.39 is 0 Å². The third-order valence-electron chi connectivity index (χ3n) is 2.72. The van der Waals surface area contributed by atoms with Crippen molar-refractivity contribution in [2.75, 3.05) is 12.8 Å². The maximum absolute atomic E-state index is 11.8. The topological polar surface area (TPSA) is 68.1 Å². The molecular weight excluding hydrogens is 216 g/mol. The second-order valence-electron chi connectivity index (χ2n) is 4.04. The van der Waals surface area contributed by atoms with Crippen molar-refractivity contribution in [2.24, 2.45) is 0 Å². The number of hydrogen-bond donors (Lipinski definition) is 2. The Morgan fingerprint density at radius 1 is 1.41 bits per heavy atom. The SMILES string of the molecule is CCCC(=O)c1cc2c(OC)cc(N)cc2[nH]1. The van der Waals surface area contributed by atoms with Gasteiger partial charge in [-0.15, -0.1) is 0 Å². The predicted molar refractivity (Wildman–Crippen MR) is 68.5 cm³/mol. The zero-order chi connectivity index (χ0) is 12.4. The van der Waals surface area contributed by atoms with Gasteiger partial charge in [-0.2, -0.15) is 0 Å². The number of nitrogens with two attached hydrogens (primary N) is 1. The number of H-pyrrole nitrogens is 1. The first kappa shape index (κ1) is 11.5. The lowest BCUT2D eigenvalue weighted by Gasteiger charge is -2.02. The molecule has 0 saturated carbocycles. The number of fused-ring (bicyclic) bond motifs is 1. The third-order valence-corrected chi connectivity index (χ3v) is 2.72. The molecule has 0 aliphatic carbocycles. The molecule has 3 N–H and O–H groups in total. The number of rotatable bonds is 4. The number of ether oxygens (including phenoxy) is 1. The summed E-state index contributed by atoms with van der Waals surface area (Å²) in [5.74, 6) is 0.802. The normalized spacial score (nSPS) is 10.7. The van der Waals surface area contributed by atoms with E-state index in [0.717, 1.165) is 17.3 Å². The zero-order valence-corrected chi connectivity index (χ0v) is 10.0. The number of aromatic nitrogens is 1. The van der Waals surface area contributed by atoms with Gasteiger partial charge in [-0.3, -0.25) is 4.79 Å². The lowest BCUT2D eigenvalue weighted by molar-refractivity contribution is 0.0978. The first-order valence-electron chi connectivity index (χ1n) is 5.65. The number of Topliss-reactive ketones (excluding diaryl/α,β-unsaturated/α-hetero) is 1. The molecule has 0 bridgehead atoms. The van der Waals surface area contributed by atoms with Crippen LogP contribution in [0.1, 0.15) is 30.3 Å². The Balaban J connectivity index is 2.53. The summed E-state index contributed by atoms with van der Waals surface area (Å²) in [5.41, 5.74) is 7.83. The minimum atomic E-state index is 0.115. The number of benzene rings is 1. The molecular formula is C13H16N2O2. The van der Waals surface area contributed by atoms with Crippen LogP contribution in [-0.2, 0) is 0 Å². The largest absolute Gasteiger partial charge is 0.496 e. The highest BCUT2D eigenvalue weighted by Crippen LogP contribution is 2.29. The van der Waals surface area contributed by atoms with E-state index >= 15 is 0 Å². The molecule has 1 aromatic heterocycles. The Morgan fingerprint density at radius 3 is 2.82 bits per heavy atom. The standard InChI is InChI=1S/C13H16N2O2/c1-3-4-12(16)11-7-9-10(15-11)5-8(14)6-13(9)17-2/h5-7,15H,3-4,14H2,1-2H3. The van der Waals surface area contributed by atoms with Crippen LogP contribution in [0.25, 0.3) is 10.9 Å². The van der Waals surface area contributed by atoms with Crippen LogP contribution in [-0.4, -0.2) is 17.9 Å². The van der Waals surface area contributed by atoms with Crippen LogP contribution >= 0.6 is 0 Å². The molecule has 1 aromatic carbocycles. The highest BCUT2D eigenvalue weighted by atomic mass is 16.5. The average molecular weight is 232 g/mol. The van der Waals surface area contributed by atoms with Gasteiger partial charge in [0.25, 0.3) is 0 Å². The molecule has 0 fully saturated rings. The van der Waals surface area contributed by atoms with Crippen molar-refractivity contribution in [2.45, 2.75) is 19.8 Å². The van der Waals surface area contributed by atoms with Gasteiger partial charge >= 0.3 is 0 Å². The van der Waals surface area contributed by atoms with E-state index in [0.29, 0.717) is 23.6 Å². The molecule has 4 heteroatoms. The lowest BCUT2D eigenvalue weighted by atomic mass is 10.1. The number of anilines is 1. The van der Waals surface area contributed by atoms with Crippen LogP contribution < -0.4 is 10.5 Å². The first-order valence-corrected chi connectivity index (χ1v) is 5.65. The Bertz CT molecular complexity index is 558. The molecule has 1 heterocycles. The van der Waals surface area contributed by atoms with Crippen molar-refractivity contribution >= 4 is 22.4 Å². The number of aromatic amines is 1. The van der Waals surface area contributed by atoms with Gasteiger partial charge in [0, 0.05) is 23.6 Å². The number of carbonyl (C=O) groups is 1. The fourth-order valence-corrected chi connectivity index (χ4v) is 1.91. The fraction of sp³-hybridized carbons (Fsp3) is 0.308. The van der Waals surface area contributed by atoms with Crippen LogP contribution in [0.3, 0.4) is 0 Å². The van der Waals surface area contributed by atoms with Crippen LogP contribution in [0.5, 0.6) is 5.75 Å². The molecule has 0 saturated heterocycles. The third kappa shape index (κ3) is 2.11. The maximum Gasteiger partial charge on any atom is 0.179 e. The van der Waals surface area contributed by atoms with Crippen LogP contribution in [0, 0.1) is 0 Å². The van der Waals surface area contributed by atoms with E-state index in [2.05, 4.69) is 4.98 Å². The Morgan fingerprint density at radius 2 is 2.18 bits per heavy atom. The molecule has 0 radical (unpaired) electrons. The van der Waals surface area contributed by atoms with Crippen molar-refractivity contribution in [3.63, 3.8) is 0 Å². The molecule has 17 heavy (non-hydrogen) atoms. The molecule has 4 nitrogen and oxygen atoms in total. The summed E-state index contributed by atoms with van der Waals surface area (Å²) in [7, 11) is 1.59. The smallest absolute Gasteiger partial charge is 0.179 e. The monoisotopic (exact) mass is 232 g/mol. The van der Waals surface area contributed by atoms with Crippen molar-refractivity contribution in [1.29, 1.82) is 0 Å². The van der Waals surface area contributed by atoms with Crippen LogP contribution in [0.4, 0.5) is 5.69 Å². The number of ketones is 1. The summed E-state index contributed by atoms with van der Waals surface area (Å²) < 4.78 is 5.25. The van der Waals surface area contributed by atoms with E-state index in [9.17, 15) is 4.79 Å². The van der Waals surface area contributed by atoms with Gasteiger partial charge in [-0.05, 0) is 18.6 Å². The molecule has 0 aliphatic heterocycles. The highest BCUT2D eigenvalue weighted by molar-refractivity contribution is 6.01. The number of nitrogens with one attached hydrogen (secondary N) is 1.